The minimum atomic E-state index is -3.61. The van der Waals surface area contributed by atoms with Gasteiger partial charge in [-0.25, -0.2) is 18.4 Å². The molecule has 10 heteroatoms. The Balaban J connectivity index is 1.64. The Morgan fingerprint density at radius 3 is 2.57 bits per heavy atom. The Hall–Kier alpha value is -2.04. The van der Waals surface area contributed by atoms with Gasteiger partial charge in [0.1, 0.15) is 4.90 Å². The zero-order chi connectivity index (χ0) is 21.5. The van der Waals surface area contributed by atoms with Crippen LogP contribution in [-0.2, 0) is 17.1 Å². The van der Waals surface area contributed by atoms with Gasteiger partial charge in [0.2, 0.25) is 16.0 Å². The third kappa shape index (κ3) is 3.95. The van der Waals surface area contributed by atoms with E-state index in [9.17, 15) is 8.42 Å². The number of anilines is 1. The van der Waals surface area contributed by atoms with Crippen LogP contribution in [0.4, 0.5) is 5.95 Å². The summed E-state index contributed by atoms with van der Waals surface area (Å²) in [5.74, 6) is 0.953. The molecular weight excluding hydrogens is 402 g/mol. The highest BCUT2D eigenvalue weighted by Crippen LogP contribution is 2.36. The van der Waals surface area contributed by atoms with Crippen LogP contribution in [0.15, 0.2) is 23.4 Å². The number of nitrogens with zero attached hydrogens (tertiary/aromatic N) is 7. The maximum absolute atomic E-state index is 13.4. The molecule has 0 saturated carbocycles. The third-order valence-electron chi connectivity index (χ3n) is 6.25. The van der Waals surface area contributed by atoms with Crippen molar-refractivity contribution >= 4 is 16.0 Å². The lowest BCUT2D eigenvalue weighted by atomic mass is 9.92. The van der Waals surface area contributed by atoms with Crippen molar-refractivity contribution < 1.29 is 8.42 Å². The molecule has 0 amide bonds. The summed E-state index contributed by atoms with van der Waals surface area (Å²) in [4.78, 5) is 14.0. The van der Waals surface area contributed by atoms with E-state index in [1.54, 1.807) is 23.0 Å². The average molecular weight is 434 g/mol. The van der Waals surface area contributed by atoms with E-state index in [0.717, 1.165) is 44.1 Å². The molecule has 2 aliphatic heterocycles. The highest BCUT2D eigenvalue weighted by atomic mass is 32.2. The van der Waals surface area contributed by atoms with E-state index in [0.29, 0.717) is 18.8 Å². The van der Waals surface area contributed by atoms with E-state index in [1.165, 1.54) is 6.20 Å². The second kappa shape index (κ2) is 8.24. The molecule has 9 nitrogen and oxygen atoms in total. The van der Waals surface area contributed by atoms with E-state index in [4.69, 9.17) is 4.98 Å². The van der Waals surface area contributed by atoms with Gasteiger partial charge in [-0.15, -0.1) is 0 Å². The fraction of sp³-hybridized carbons (Fsp3) is 0.650. The molecule has 0 aromatic carbocycles. The molecule has 4 heterocycles. The lowest BCUT2D eigenvalue weighted by Crippen LogP contribution is -2.31. The fourth-order valence-corrected chi connectivity index (χ4v) is 6.23. The standard InChI is InChI=1S/C20H31N7O2S/c1-15-19(11-22-25(15)4)30(28,29)27-13-16(12-24(2)3)17(14-27)18-7-8-21-20(23-18)26-9-5-6-10-26/h7-8,11,16-17H,5-6,9-10,12-14H2,1-4H3/t16-,17-/m1/s1. The van der Waals surface area contributed by atoms with Gasteiger partial charge in [-0.3, -0.25) is 4.68 Å². The first-order valence-electron chi connectivity index (χ1n) is 10.5. The lowest BCUT2D eigenvalue weighted by Gasteiger charge is -2.22. The van der Waals surface area contributed by atoms with E-state index >= 15 is 0 Å². The van der Waals surface area contributed by atoms with Gasteiger partial charge >= 0.3 is 0 Å². The fourth-order valence-electron chi connectivity index (χ4n) is 4.53. The number of hydrogen-bond donors (Lipinski definition) is 0. The Labute approximate surface area is 178 Å². The molecule has 4 rings (SSSR count). The molecule has 30 heavy (non-hydrogen) atoms. The zero-order valence-electron chi connectivity index (χ0n) is 18.2. The molecule has 2 saturated heterocycles. The van der Waals surface area contributed by atoms with Crippen LogP contribution < -0.4 is 4.90 Å². The highest BCUT2D eigenvalue weighted by Gasteiger charge is 2.42. The Morgan fingerprint density at radius 2 is 1.93 bits per heavy atom. The molecule has 2 aromatic rings. The zero-order valence-corrected chi connectivity index (χ0v) is 19.0. The molecule has 0 bridgehead atoms. The van der Waals surface area contributed by atoms with Crippen molar-refractivity contribution in [3.05, 3.63) is 29.8 Å². The Kier molecular flexibility index (Phi) is 5.82. The van der Waals surface area contributed by atoms with Gasteiger partial charge < -0.3 is 9.80 Å². The van der Waals surface area contributed by atoms with Crippen LogP contribution in [0.5, 0.6) is 0 Å². The summed E-state index contributed by atoms with van der Waals surface area (Å²) in [6.45, 7) is 5.45. The minimum Gasteiger partial charge on any atom is -0.341 e. The maximum Gasteiger partial charge on any atom is 0.246 e. The van der Waals surface area contributed by atoms with E-state index < -0.39 is 10.0 Å². The van der Waals surface area contributed by atoms with Crippen molar-refractivity contribution in [1.29, 1.82) is 0 Å². The Morgan fingerprint density at radius 1 is 1.20 bits per heavy atom. The quantitative estimate of drug-likeness (QED) is 0.674. The minimum absolute atomic E-state index is 0.0310. The van der Waals surface area contributed by atoms with Crippen molar-refractivity contribution in [2.24, 2.45) is 13.0 Å². The Bertz CT molecular complexity index is 998. The van der Waals surface area contributed by atoms with Crippen LogP contribution in [0.2, 0.25) is 0 Å². The van der Waals surface area contributed by atoms with E-state index in [1.807, 2.05) is 26.4 Å². The van der Waals surface area contributed by atoms with Gasteiger partial charge in [0.25, 0.3) is 0 Å². The predicted molar refractivity (Wildman–Crippen MR) is 115 cm³/mol. The van der Waals surface area contributed by atoms with Crippen molar-refractivity contribution in [2.45, 2.75) is 30.6 Å². The molecule has 2 aromatic heterocycles. The number of aryl methyl sites for hydroxylation is 1. The molecule has 2 fully saturated rings. The SMILES string of the molecule is Cc1c(S(=O)(=O)N2C[C@@H](CN(C)C)[C@H](c3ccnc(N4CCCC4)n3)C2)cnn1C. The summed E-state index contributed by atoms with van der Waals surface area (Å²) < 4.78 is 29.9. The summed E-state index contributed by atoms with van der Waals surface area (Å²) in [5.41, 5.74) is 1.58. The van der Waals surface area contributed by atoms with Crippen LogP contribution in [0.3, 0.4) is 0 Å². The summed E-state index contributed by atoms with van der Waals surface area (Å²) in [5, 5.41) is 4.13. The predicted octanol–water partition coefficient (Wildman–Crippen LogP) is 1.08. The number of hydrogen-bond acceptors (Lipinski definition) is 7. The largest absolute Gasteiger partial charge is 0.341 e. The first-order chi connectivity index (χ1) is 14.3. The monoisotopic (exact) mass is 433 g/mol. The van der Waals surface area contributed by atoms with Crippen LogP contribution in [0, 0.1) is 12.8 Å². The van der Waals surface area contributed by atoms with Crippen molar-refractivity contribution in [3.63, 3.8) is 0 Å². The van der Waals surface area contributed by atoms with Gasteiger partial charge in [0, 0.05) is 51.9 Å². The number of aromatic nitrogens is 4. The lowest BCUT2D eigenvalue weighted by molar-refractivity contribution is 0.315. The molecule has 2 atom stereocenters. The summed E-state index contributed by atoms with van der Waals surface area (Å²) in [7, 11) is 2.20. The molecule has 2 aliphatic rings. The van der Waals surface area contributed by atoms with E-state index in [2.05, 4.69) is 19.9 Å². The number of rotatable bonds is 6. The second-order valence-electron chi connectivity index (χ2n) is 8.64. The highest BCUT2D eigenvalue weighted by molar-refractivity contribution is 7.89. The summed E-state index contributed by atoms with van der Waals surface area (Å²) >= 11 is 0. The van der Waals surface area contributed by atoms with Gasteiger partial charge in [-0.2, -0.15) is 9.40 Å². The van der Waals surface area contributed by atoms with Gasteiger partial charge in [-0.1, -0.05) is 0 Å². The van der Waals surface area contributed by atoms with Crippen molar-refractivity contribution in [1.82, 2.24) is 29.0 Å². The van der Waals surface area contributed by atoms with Gasteiger partial charge in [0.15, 0.2) is 0 Å². The smallest absolute Gasteiger partial charge is 0.246 e. The second-order valence-corrected chi connectivity index (χ2v) is 10.6. The van der Waals surface area contributed by atoms with Gasteiger partial charge in [0.05, 0.1) is 17.6 Å². The molecule has 0 radical (unpaired) electrons. The molecule has 164 valence electrons. The van der Waals surface area contributed by atoms with Gasteiger partial charge in [-0.05, 0) is 45.8 Å². The average Bonchev–Trinajstić information content (AvgIpc) is 3.43. The normalized spacial score (nSPS) is 23.0. The van der Waals surface area contributed by atoms with Crippen molar-refractivity contribution in [3.8, 4) is 0 Å². The third-order valence-corrected chi connectivity index (χ3v) is 8.18. The van der Waals surface area contributed by atoms with Crippen LogP contribution >= 0.6 is 0 Å². The summed E-state index contributed by atoms with van der Waals surface area (Å²) in [6.07, 6.45) is 5.59. The first-order valence-corrected chi connectivity index (χ1v) is 11.9. The molecule has 0 N–H and O–H groups in total. The topological polar surface area (TPSA) is 87.5 Å². The van der Waals surface area contributed by atoms with Crippen LogP contribution in [0.1, 0.15) is 30.1 Å². The maximum atomic E-state index is 13.4. The van der Waals surface area contributed by atoms with Crippen LogP contribution in [-0.4, -0.2) is 84.2 Å². The number of sulfonamides is 1. The van der Waals surface area contributed by atoms with Crippen LogP contribution in [0.25, 0.3) is 0 Å². The first kappa shape index (κ1) is 21.2. The molecule has 0 unspecified atom stereocenters. The molecule has 0 aliphatic carbocycles. The molecular formula is C20H31N7O2S. The molecule has 0 spiro atoms. The van der Waals surface area contributed by atoms with E-state index in [-0.39, 0.29) is 16.7 Å². The van der Waals surface area contributed by atoms with Crippen molar-refractivity contribution in [2.75, 3.05) is 51.7 Å². The summed E-state index contributed by atoms with van der Waals surface area (Å²) in [6, 6.07) is 1.94.